The van der Waals surface area contributed by atoms with Gasteiger partial charge in [-0.1, -0.05) is 0 Å². The monoisotopic (exact) mass is 466 g/mol. The molecule has 2 saturated heterocycles. The summed E-state index contributed by atoms with van der Waals surface area (Å²) in [4.78, 5) is 19.3. The number of carbonyl (C=O) groups is 1. The highest BCUT2D eigenvalue weighted by molar-refractivity contribution is 5.77. The van der Waals surface area contributed by atoms with E-state index in [0.717, 1.165) is 67.1 Å². The number of aromatic nitrogens is 5. The maximum Gasteiger partial charge on any atom is 0.410 e. The Morgan fingerprint density at radius 3 is 2.71 bits per heavy atom. The third kappa shape index (κ3) is 4.86. The van der Waals surface area contributed by atoms with Crippen LogP contribution >= 0.6 is 0 Å². The van der Waals surface area contributed by atoms with Crippen LogP contribution in [0.3, 0.4) is 0 Å². The quantitative estimate of drug-likeness (QED) is 0.540. The number of likely N-dealkylation sites (tertiary alicyclic amines) is 1. The molecule has 2 fully saturated rings. The van der Waals surface area contributed by atoms with Crippen molar-refractivity contribution in [2.24, 2.45) is 0 Å². The molecular formula is C24H34N8O2. The van der Waals surface area contributed by atoms with Crippen LogP contribution in [0.25, 0.3) is 16.8 Å². The summed E-state index contributed by atoms with van der Waals surface area (Å²) in [5, 5.41) is 18.9. The van der Waals surface area contributed by atoms with Gasteiger partial charge in [0.25, 0.3) is 0 Å². The number of amides is 1. The van der Waals surface area contributed by atoms with E-state index in [9.17, 15) is 4.79 Å². The van der Waals surface area contributed by atoms with Crippen LogP contribution in [0.2, 0.25) is 0 Å². The number of anilines is 1. The molecular weight excluding hydrogens is 432 g/mol. The van der Waals surface area contributed by atoms with E-state index in [0.29, 0.717) is 19.0 Å². The molecule has 1 atom stereocenters. The second-order valence-corrected chi connectivity index (χ2v) is 10.3. The van der Waals surface area contributed by atoms with Crippen molar-refractivity contribution < 1.29 is 9.53 Å². The second-order valence-electron chi connectivity index (χ2n) is 10.3. The van der Waals surface area contributed by atoms with Gasteiger partial charge in [-0.3, -0.25) is 5.10 Å². The first kappa shape index (κ1) is 22.6. The van der Waals surface area contributed by atoms with E-state index in [1.54, 1.807) is 11.1 Å². The van der Waals surface area contributed by atoms with Gasteiger partial charge >= 0.3 is 6.09 Å². The van der Waals surface area contributed by atoms with E-state index >= 15 is 0 Å². The molecule has 10 nitrogen and oxygen atoms in total. The molecule has 3 aromatic rings. The van der Waals surface area contributed by atoms with Crippen molar-refractivity contribution in [3.8, 4) is 11.1 Å². The van der Waals surface area contributed by atoms with Gasteiger partial charge in [0.1, 0.15) is 11.4 Å². The lowest BCUT2D eigenvalue weighted by atomic mass is 9.95. The minimum absolute atomic E-state index is 0.235. The van der Waals surface area contributed by atoms with Gasteiger partial charge in [-0.05, 0) is 53.0 Å². The van der Waals surface area contributed by atoms with Crippen molar-refractivity contribution in [2.45, 2.75) is 64.0 Å². The molecule has 0 aromatic carbocycles. The highest BCUT2D eigenvalue weighted by Gasteiger charge is 2.28. The lowest BCUT2D eigenvalue weighted by molar-refractivity contribution is 0.0210. The van der Waals surface area contributed by atoms with Gasteiger partial charge in [0.2, 0.25) is 0 Å². The first-order valence-corrected chi connectivity index (χ1v) is 12.2. The molecule has 0 spiro atoms. The van der Waals surface area contributed by atoms with Gasteiger partial charge in [-0.2, -0.15) is 14.7 Å². The SMILES string of the molecule is CC(C)(C)OC(=O)N1CCC(Nc2cc(C3CCCNC3)nc3c(-c4cn[nH]c4)cnn23)CC1. The number of fused-ring (bicyclic) bond motifs is 1. The Balaban J connectivity index is 1.38. The Labute approximate surface area is 199 Å². The lowest BCUT2D eigenvalue weighted by Gasteiger charge is -2.34. The molecule has 5 rings (SSSR count). The van der Waals surface area contributed by atoms with Crippen molar-refractivity contribution >= 4 is 17.6 Å². The number of rotatable bonds is 4. The number of H-pyrrole nitrogens is 1. The van der Waals surface area contributed by atoms with Crippen molar-refractivity contribution in [1.82, 2.24) is 35.0 Å². The fourth-order valence-corrected chi connectivity index (χ4v) is 4.74. The van der Waals surface area contributed by atoms with Crippen molar-refractivity contribution in [3.63, 3.8) is 0 Å². The molecule has 0 aliphatic carbocycles. The third-order valence-corrected chi connectivity index (χ3v) is 6.51. The number of piperidine rings is 2. The Morgan fingerprint density at radius 2 is 2.03 bits per heavy atom. The summed E-state index contributed by atoms with van der Waals surface area (Å²) in [5.41, 5.74) is 3.36. The average molecular weight is 467 g/mol. The van der Waals surface area contributed by atoms with Crippen molar-refractivity contribution in [2.75, 3.05) is 31.5 Å². The minimum atomic E-state index is -0.480. The number of aromatic amines is 1. The zero-order valence-corrected chi connectivity index (χ0v) is 20.2. The van der Waals surface area contributed by atoms with Crippen molar-refractivity contribution in [1.29, 1.82) is 0 Å². The molecule has 0 saturated carbocycles. The molecule has 5 heterocycles. The normalized spacial score (nSPS) is 20.0. The van der Waals surface area contributed by atoms with Crippen LogP contribution in [0.4, 0.5) is 10.6 Å². The number of hydrogen-bond donors (Lipinski definition) is 3. The predicted molar refractivity (Wildman–Crippen MR) is 130 cm³/mol. The van der Waals surface area contributed by atoms with Crippen LogP contribution in [0, 0.1) is 0 Å². The lowest BCUT2D eigenvalue weighted by Crippen LogP contribution is -2.44. The molecule has 2 aliphatic heterocycles. The Hall–Kier alpha value is -3.14. The van der Waals surface area contributed by atoms with Crippen LogP contribution in [0.1, 0.15) is 58.1 Å². The molecule has 2 aliphatic rings. The molecule has 3 N–H and O–H groups in total. The van der Waals surface area contributed by atoms with E-state index in [1.807, 2.05) is 37.7 Å². The number of ether oxygens (including phenoxy) is 1. The maximum atomic E-state index is 12.4. The van der Waals surface area contributed by atoms with Crippen LogP contribution in [0.15, 0.2) is 24.7 Å². The minimum Gasteiger partial charge on any atom is -0.444 e. The van der Waals surface area contributed by atoms with Gasteiger partial charge in [-0.15, -0.1) is 0 Å². The summed E-state index contributed by atoms with van der Waals surface area (Å²) in [6, 6.07) is 2.39. The first-order valence-electron chi connectivity index (χ1n) is 12.2. The fraction of sp³-hybridized carbons (Fsp3) is 0.583. The summed E-state index contributed by atoms with van der Waals surface area (Å²) in [6.45, 7) is 9.03. The van der Waals surface area contributed by atoms with E-state index < -0.39 is 5.60 Å². The Morgan fingerprint density at radius 1 is 1.21 bits per heavy atom. The highest BCUT2D eigenvalue weighted by atomic mass is 16.6. The maximum absolute atomic E-state index is 12.4. The number of nitrogens with zero attached hydrogens (tertiary/aromatic N) is 5. The predicted octanol–water partition coefficient (Wildman–Crippen LogP) is 3.40. The molecule has 10 heteroatoms. The molecule has 182 valence electrons. The molecule has 3 aromatic heterocycles. The average Bonchev–Trinajstić information content (AvgIpc) is 3.49. The topological polar surface area (TPSA) is 112 Å². The van der Waals surface area contributed by atoms with E-state index in [1.165, 1.54) is 0 Å². The summed E-state index contributed by atoms with van der Waals surface area (Å²) in [7, 11) is 0. The second kappa shape index (κ2) is 9.25. The van der Waals surface area contributed by atoms with E-state index in [2.05, 4.69) is 32.0 Å². The summed E-state index contributed by atoms with van der Waals surface area (Å²) in [6.07, 6.45) is 9.25. The molecule has 1 unspecified atom stereocenters. The van der Waals surface area contributed by atoms with Crippen molar-refractivity contribution in [3.05, 3.63) is 30.4 Å². The summed E-state index contributed by atoms with van der Waals surface area (Å²) >= 11 is 0. The molecule has 1 amide bonds. The van der Waals surface area contributed by atoms with Crippen LogP contribution in [0.5, 0.6) is 0 Å². The standard InChI is InChI=1S/C24H34N8O2/c1-24(2,3)34-23(33)31-9-6-18(7-10-31)29-21-11-20(16-5-4-8-25-12-16)30-22-19(15-28-32(21)22)17-13-26-27-14-17/h11,13-16,18,25,29H,4-10,12H2,1-3H3,(H,26,27). The molecule has 0 bridgehead atoms. The number of carbonyl (C=O) groups excluding carboxylic acids is 1. The smallest absolute Gasteiger partial charge is 0.410 e. The first-order chi connectivity index (χ1) is 16.4. The van der Waals surface area contributed by atoms with E-state index in [4.69, 9.17) is 9.72 Å². The van der Waals surface area contributed by atoms with Gasteiger partial charge in [-0.25, -0.2) is 9.78 Å². The molecule has 0 radical (unpaired) electrons. The van der Waals surface area contributed by atoms with Crippen LogP contribution in [-0.2, 0) is 4.74 Å². The van der Waals surface area contributed by atoms with Crippen LogP contribution in [-0.4, -0.2) is 73.6 Å². The summed E-state index contributed by atoms with van der Waals surface area (Å²) in [5.74, 6) is 1.32. The van der Waals surface area contributed by atoms with Gasteiger partial charge in [0.05, 0.1) is 18.1 Å². The van der Waals surface area contributed by atoms with Crippen LogP contribution < -0.4 is 10.6 Å². The zero-order chi connectivity index (χ0) is 23.7. The van der Waals surface area contributed by atoms with Gasteiger partial charge in [0, 0.05) is 55.0 Å². The Kier molecular flexibility index (Phi) is 6.16. The largest absolute Gasteiger partial charge is 0.444 e. The number of nitrogens with one attached hydrogen (secondary N) is 3. The Bertz CT molecular complexity index is 1120. The highest BCUT2D eigenvalue weighted by Crippen LogP contribution is 2.30. The molecule has 34 heavy (non-hydrogen) atoms. The summed E-state index contributed by atoms with van der Waals surface area (Å²) < 4.78 is 7.43. The zero-order valence-electron chi connectivity index (χ0n) is 20.2. The van der Waals surface area contributed by atoms with Gasteiger partial charge < -0.3 is 20.3 Å². The van der Waals surface area contributed by atoms with E-state index in [-0.39, 0.29) is 12.1 Å². The van der Waals surface area contributed by atoms with Gasteiger partial charge in [0.15, 0.2) is 5.65 Å². The number of hydrogen-bond acceptors (Lipinski definition) is 7. The fourth-order valence-electron chi connectivity index (χ4n) is 4.74. The third-order valence-electron chi connectivity index (χ3n) is 6.51.